The Morgan fingerprint density at radius 1 is 1.43 bits per heavy atom. The summed E-state index contributed by atoms with van der Waals surface area (Å²) in [6.07, 6.45) is 0.238. The number of carboxylic acid groups (broad SMARTS) is 2. The van der Waals surface area contributed by atoms with E-state index in [-0.39, 0.29) is 0 Å². The summed E-state index contributed by atoms with van der Waals surface area (Å²) in [5.41, 5.74) is 0. The van der Waals surface area contributed by atoms with Crippen LogP contribution in [0.4, 0.5) is 0 Å². The summed E-state index contributed by atoms with van der Waals surface area (Å²) < 4.78 is 4.76. The van der Waals surface area contributed by atoms with Crippen molar-refractivity contribution in [3.05, 3.63) is 0 Å². The number of methoxy groups -OCH3 is 1. The molecule has 0 saturated heterocycles. The molecule has 6 heteroatoms. The highest BCUT2D eigenvalue weighted by Crippen LogP contribution is 1.93. The van der Waals surface area contributed by atoms with Gasteiger partial charge in [-0.1, -0.05) is 0 Å². The second kappa shape index (κ2) is 7.28. The van der Waals surface area contributed by atoms with E-state index in [2.05, 4.69) is 5.32 Å². The zero-order valence-electron chi connectivity index (χ0n) is 8.02. The highest BCUT2D eigenvalue weighted by Gasteiger charge is 2.19. The number of rotatable bonds is 8. The molecule has 0 aromatic heterocycles. The van der Waals surface area contributed by atoms with Gasteiger partial charge in [0.2, 0.25) is 0 Å². The van der Waals surface area contributed by atoms with Gasteiger partial charge in [-0.2, -0.15) is 0 Å². The zero-order chi connectivity index (χ0) is 11.0. The summed E-state index contributed by atoms with van der Waals surface area (Å²) in [6, 6.07) is -1.02. The Hall–Kier alpha value is -1.14. The maximum atomic E-state index is 10.5. The lowest BCUT2D eigenvalue weighted by Gasteiger charge is -2.11. The van der Waals surface area contributed by atoms with Crippen molar-refractivity contribution < 1.29 is 24.5 Å². The summed E-state index contributed by atoms with van der Waals surface area (Å²) in [5, 5.41) is 19.7. The molecule has 0 bridgehead atoms. The molecular weight excluding hydrogens is 190 g/mol. The van der Waals surface area contributed by atoms with Crippen LogP contribution in [0.3, 0.4) is 0 Å². The van der Waals surface area contributed by atoms with E-state index in [9.17, 15) is 9.59 Å². The van der Waals surface area contributed by atoms with E-state index in [1.54, 1.807) is 7.11 Å². The van der Waals surface area contributed by atoms with Crippen molar-refractivity contribution in [3.8, 4) is 0 Å². The van der Waals surface area contributed by atoms with E-state index >= 15 is 0 Å². The second-order valence-electron chi connectivity index (χ2n) is 2.79. The Labute approximate surface area is 81.9 Å². The first-order valence-corrected chi connectivity index (χ1v) is 4.25. The van der Waals surface area contributed by atoms with Crippen molar-refractivity contribution >= 4 is 11.9 Å². The standard InChI is InChI=1S/C8H15NO5/c1-14-4-2-3-9-6(8(12)13)5-7(10)11/h6,9H,2-5H2,1H3,(H,10,11)(H,12,13)/t6-/m0/s1. The average Bonchev–Trinajstić information content (AvgIpc) is 2.09. The van der Waals surface area contributed by atoms with Gasteiger partial charge in [0.15, 0.2) is 0 Å². The molecular formula is C8H15NO5. The molecule has 0 rings (SSSR count). The van der Waals surface area contributed by atoms with Crippen molar-refractivity contribution in [1.82, 2.24) is 5.32 Å². The lowest BCUT2D eigenvalue weighted by molar-refractivity contribution is -0.145. The Kier molecular flexibility index (Phi) is 6.69. The number of carbonyl (C=O) groups is 2. The second-order valence-corrected chi connectivity index (χ2v) is 2.79. The predicted octanol–water partition coefficient (Wildman–Crippen LogP) is -0.460. The van der Waals surface area contributed by atoms with Gasteiger partial charge in [-0.25, -0.2) is 0 Å². The molecule has 0 aromatic rings. The van der Waals surface area contributed by atoms with E-state index in [4.69, 9.17) is 14.9 Å². The van der Waals surface area contributed by atoms with E-state index in [1.807, 2.05) is 0 Å². The highest BCUT2D eigenvalue weighted by molar-refractivity contribution is 5.80. The summed E-state index contributed by atoms with van der Waals surface area (Å²) in [5.74, 6) is -2.28. The van der Waals surface area contributed by atoms with E-state index in [0.717, 1.165) is 0 Å². The Bertz CT molecular complexity index is 194. The van der Waals surface area contributed by atoms with Gasteiger partial charge in [0, 0.05) is 13.7 Å². The Morgan fingerprint density at radius 2 is 2.07 bits per heavy atom. The lowest BCUT2D eigenvalue weighted by atomic mass is 10.2. The topological polar surface area (TPSA) is 95.9 Å². The van der Waals surface area contributed by atoms with Crippen LogP contribution >= 0.6 is 0 Å². The molecule has 0 amide bonds. The first-order chi connectivity index (χ1) is 6.57. The maximum Gasteiger partial charge on any atom is 0.321 e. The lowest BCUT2D eigenvalue weighted by Crippen LogP contribution is -2.39. The van der Waals surface area contributed by atoms with Crippen LogP contribution in [-0.2, 0) is 14.3 Å². The van der Waals surface area contributed by atoms with Crippen LogP contribution in [0.15, 0.2) is 0 Å². The van der Waals surface area contributed by atoms with Gasteiger partial charge in [0.1, 0.15) is 6.04 Å². The van der Waals surface area contributed by atoms with Crippen molar-refractivity contribution in [2.24, 2.45) is 0 Å². The fourth-order valence-electron chi connectivity index (χ4n) is 0.914. The molecule has 0 fully saturated rings. The largest absolute Gasteiger partial charge is 0.481 e. The molecule has 0 aliphatic rings. The molecule has 0 saturated carbocycles. The summed E-state index contributed by atoms with van der Waals surface area (Å²) in [4.78, 5) is 20.8. The monoisotopic (exact) mass is 205 g/mol. The smallest absolute Gasteiger partial charge is 0.321 e. The Balaban J connectivity index is 3.74. The molecule has 0 aliphatic carbocycles. The molecule has 0 unspecified atom stereocenters. The molecule has 3 N–H and O–H groups in total. The zero-order valence-corrected chi connectivity index (χ0v) is 8.02. The van der Waals surface area contributed by atoms with Gasteiger partial charge < -0.3 is 20.3 Å². The van der Waals surface area contributed by atoms with Gasteiger partial charge >= 0.3 is 11.9 Å². The first kappa shape index (κ1) is 12.9. The third-order valence-electron chi connectivity index (χ3n) is 1.59. The van der Waals surface area contributed by atoms with Crippen molar-refractivity contribution in [3.63, 3.8) is 0 Å². The molecule has 0 radical (unpaired) electrons. The van der Waals surface area contributed by atoms with Crippen molar-refractivity contribution in [1.29, 1.82) is 0 Å². The first-order valence-electron chi connectivity index (χ1n) is 4.25. The normalized spacial score (nSPS) is 12.4. The summed E-state index contributed by atoms with van der Waals surface area (Å²) >= 11 is 0. The minimum Gasteiger partial charge on any atom is -0.481 e. The van der Waals surface area contributed by atoms with E-state index in [1.165, 1.54) is 0 Å². The van der Waals surface area contributed by atoms with Crippen molar-refractivity contribution in [2.45, 2.75) is 18.9 Å². The number of carboxylic acids is 2. The van der Waals surface area contributed by atoms with Gasteiger partial charge in [0.05, 0.1) is 6.42 Å². The van der Waals surface area contributed by atoms with Gasteiger partial charge in [-0.05, 0) is 13.0 Å². The van der Waals surface area contributed by atoms with E-state index in [0.29, 0.717) is 19.6 Å². The third-order valence-corrected chi connectivity index (χ3v) is 1.59. The fourth-order valence-corrected chi connectivity index (χ4v) is 0.914. The highest BCUT2D eigenvalue weighted by atomic mass is 16.5. The number of hydrogen-bond donors (Lipinski definition) is 3. The van der Waals surface area contributed by atoms with Crippen LogP contribution in [0.2, 0.25) is 0 Å². The molecule has 1 atom stereocenters. The fraction of sp³-hybridized carbons (Fsp3) is 0.750. The van der Waals surface area contributed by atoms with Crippen molar-refractivity contribution in [2.75, 3.05) is 20.3 Å². The molecule has 0 spiro atoms. The number of aliphatic carboxylic acids is 2. The van der Waals surface area contributed by atoms with Crippen LogP contribution < -0.4 is 5.32 Å². The molecule has 0 aliphatic heterocycles. The predicted molar refractivity (Wildman–Crippen MR) is 48.2 cm³/mol. The molecule has 0 aromatic carbocycles. The van der Waals surface area contributed by atoms with Gasteiger partial charge in [0.25, 0.3) is 0 Å². The van der Waals surface area contributed by atoms with Gasteiger partial charge in [-0.15, -0.1) is 0 Å². The summed E-state index contributed by atoms with van der Waals surface area (Å²) in [7, 11) is 1.55. The molecule has 6 nitrogen and oxygen atoms in total. The number of hydrogen-bond acceptors (Lipinski definition) is 4. The molecule has 82 valence electrons. The third kappa shape index (κ3) is 6.38. The minimum atomic E-state index is -1.15. The van der Waals surface area contributed by atoms with Crippen LogP contribution in [0.1, 0.15) is 12.8 Å². The molecule has 14 heavy (non-hydrogen) atoms. The van der Waals surface area contributed by atoms with Crippen LogP contribution in [0.25, 0.3) is 0 Å². The van der Waals surface area contributed by atoms with Crippen LogP contribution in [-0.4, -0.2) is 48.5 Å². The van der Waals surface area contributed by atoms with Gasteiger partial charge in [-0.3, -0.25) is 9.59 Å². The van der Waals surface area contributed by atoms with Crippen LogP contribution in [0.5, 0.6) is 0 Å². The minimum absolute atomic E-state index is 0.414. The average molecular weight is 205 g/mol. The quantitative estimate of drug-likeness (QED) is 0.464. The maximum absolute atomic E-state index is 10.5. The van der Waals surface area contributed by atoms with Crippen LogP contribution in [0, 0.1) is 0 Å². The number of ether oxygens (including phenoxy) is 1. The SMILES string of the molecule is COCCCN[C@@H](CC(=O)O)C(=O)O. The Morgan fingerprint density at radius 3 is 2.50 bits per heavy atom. The number of nitrogens with one attached hydrogen (secondary N) is 1. The molecule has 0 heterocycles. The van der Waals surface area contributed by atoms with E-state index < -0.39 is 24.4 Å². The summed E-state index contributed by atoms with van der Waals surface area (Å²) in [6.45, 7) is 0.949.